The van der Waals surface area contributed by atoms with Crippen LogP contribution in [0.5, 0.6) is 0 Å². The van der Waals surface area contributed by atoms with Crippen molar-refractivity contribution in [2.24, 2.45) is 11.8 Å². The van der Waals surface area contributed by atoms with Gasteiger partial charge in [-0.3, -0.25) is 14.4 Å². The summed E-state index contributed by atoms with van der Waals surface area (Å²) < 4.78 is 11.5. The van der Waals surface area contributed by atoms with E-state index in [1.807, 2.05) is 0 Å². The Morgan fingerprint density at radius 2 is 2.20 bits per heavy atom. The standard InChI is InChI=1S/C22H34N2O6/c1-5-8-12-23(11-6-2)20(27)18-22-10-9-15(30-22)16(21(28)29-7-3)17(22)19(26)24(18)14(4)13-25/h6,14-18,25H,2,5,7-13H2,1,3-4H3/t14-,15+,16-,17+,18?,22?/m1/s1. The van der Waals surface area contributed by atoms with E-state index in [4.69, 9.17) is 9.47 Å². The molecule has 1 spiro atoms. The largest absolute Gasteiger partial charge is 0.466 e. The molecule has 0 radical (unpaired) electrons. The maximum absolute atomic E-state index is 13.8. The van der Waals surface area contributed by atoms with Crippen LogP contribution in [0.3, 0.4) is 0 Å². The number of hydrogen-bond donors (Lipinski definition) is 1. The molecule has 0 saturated carbocycles. The van der Waals surface area contributed by atoms with Crippen molar-refractivity contribution in [2.75, 3.05) is 26.3 Å². The number of aliphatic hydroxyl groups is 1. The maximum atomic E-state index is 13.8. The van der Waals surface area contributed by atoms with E-state index in [0.717, 1.165) is 12.8 Å². The zero-order valence-electron chi connectivity index (χ0n) is 18.2. The predicted octanol–water partition coefficient (Wildman–Crippen LogP) is 1.12. The Bertz CT molecular complexity index is 697. The fourth-order valence-corrected chi connectivity index (χ4v) is 5.41. The number of aliphatic hydroxyl groups excluding tert-OH is 1. The summed E-state index contributed by atoms with van der Waals surface area (Å²) in [5.41, 5.74) is -1.05. The van der Waals surface area contributed by atoms with Crippen molar-refractivity contribution in [1.82, 2.24) is 9.80 Å². The molecule has 30 heavy (non-hydrogen) atoms. The van der Waals surface area contributed by atoms with Crippen LogP contribution in [-0.2, 0) is 23.9 Å². The summed E-state index contributed by atoms with van der Waals surface area (Å²) in [4.78, 5) is 43.1. The van der Waals surface area contributed by atoms with E-state index in [1.54, 1.807) is 24.8 Å². The van der Waals surface area contributed by atoms with Crippen LogP contribution in [0.15, 0.2) is 12.7 Å². The average Bonchev–Trinajstić information content (AvgIpc) is 3.37. The van der Waals surface area contributed by atoms with Crippen LogP contribution in [0.2, 0.25) is 0 Å². The number of unbranched alkanes of at least 4 members (excludes halogenated alkanes) is 1. The van der Waals surface area contributed by atoms with Gasteiger partial charge in [-0.2, -0.15) is 0 Å². The number of fused-ring (bicyclic) bond motifs is 1. The average molecular weight is 423 g/mol. The molecule has 2 unspecified atom stereocenters. The normalized spacial score (nSPS) is 32.8. The van der Waals surface area contributed by atoms with E-state index in [2.05, 4.69) is 13.5 Å². The van der Waals surface area contributed by atoms with E-state index < -0.39 is 41.6 Å². The number of hydrogen-bond acceptors (Lipinski definition) is 6. The van der Waals surface area contributed by atoms with Gasteiger partial charge in [-0.1, -0.05) is 19.4 Å². The van der Waals surface area contributed by atoms with Crippen LogP contribution in [-0.4, -0.2) is 82.8 Å². The van der Waals surface area contributed by atoms with Crippen LogP contribution < -0.4 is 0 Å². The van der Waals surface area contributed by atoms with Gasteiger partial charge in [-0.15, -0.1) is 6.58 Å². The van der Waals surface area contributed by atoms with E-state index >= 15 is 0 Å². The SMILES string of the molecule is C=CCN(CCCC)C(=O)C1N([C@H](C)CO)C(=O)[C@@H]2[C@H](C(=O)OCC)[C@@H]3CCC12O3. The third-order valence-electron chi connectivity index (χ3n) is 6.71. The first-order valence-corrected chi connectivity index (χ1v) is 11.0. The third kappa shape index (κ3) is 3.43. The first kappa shape index (κ1) is 22.7. The lowest BCUT2D eigenvalue weighted by molar-refractivity contribution is -0.156. The molecule has 3 rings (SSSR count). The molecule has 3 fully saturated rings. The van der Waals surface area contributed by atoms with Crippen molar-refractivity contribution in [3.8, 4) is 0 Å². The highest BCUT2D eigenvalue weighted by Gasteiger charge is 2.75. The summed E-state index contributed by atoms with van der Waals surface area (Å²) in [6, 6.07) is -1.42. The second-order valence-electron chi connectivity index (χ2n) is 8.51. The van der Waals surface area contributed by atoms with E-state index in [9.17, 15) is 19.5 Å². The molecule has 0 aliphatic carbocycles. The van der Waals surface area contributed by atoms with Gasteiger partial charge in [-0.25, -0.2) is 0 Å². The van der Waals surface area contributed by atoms with Crippen LogP contribution >= 0.6 is 0 Å². The molecule has 3 saturated heterocycles. The van der Waals surface area contributed by atoms with Crippen molar-refractivity contribution in [1.29, 1.82) is 0 Å². The van der Waals surface area contributed by atoms with Crippen LogP contribution in [0.4, 0.5) is 0 Å². The van der Waals surface area contributed by atoms with Crippen molar-refractivity contribution in [3.63, 3.8) is 0 Å². The minimum atomic E-state index is -1.05. The number of likely N-dealkylation sites (tertiary alicyclic amines) is 1. The summed E-state index contributed by atoms with van der Waals surface area (Å²) >= 11 is 0. The van der Waals surface area contributed by atoms with Gasteiger partial charge in [0.1, 0.15) is 11.6 Å². The zero-order chi connectivity index (χ0) is 22.1. The first-order valence-electron chi connectivity index (χ1n) is 11.0. The smallest absolute Gasteiger partial charge is 0.312 e. The number of carbonyl (C=O) groups is 3. The molecular formula is C22H34N2O6. The van der Waals surface area contributed by atoms with Gasteiger partial charge in [0, 0.05) is 13.1 Å². The van der Waals surface area contributed by atoms with Gasteiger partial charge < -0.3 is 24.4 Å². The monoisotopic (exact) mass is 422 g/mol. The number of esters is 1. The third-order valence-corrected chi connectivity index (χ3v) is 6.71. The lowest BCUT2D eigenvalue weighted by atomic mass is 9.70. The summed E-state index contributed by atoms with van der Waals surface area (Å²) in [7, 11) is 0. The zero-order valence-corrected chi connectivity index (χ0v) is 18.2. The molecule has 3 aliphatic rings. The molecule has 8 heteroatoms. The Kier molecular flexibility index (Phi) is 6.87. The predicted molar refractivity (Wildman–Crippen MR) is 109 cm³/mol. The molecule has 1 N–H and O–H groups in total. The lowest BCUT2D eigenvalue weighted by Gasteiger charge is -2.38. The highest BCUT2D eigenvalue weighted by Crippen LogP contribution is 2.59. The number of nitrogens with zero attached hydrogens (tertiary/aromatic N) is 2. The first-order chi connectivity index (χ1) is 14.4. The van der Waals surface area contributed by atoms with Gasteiger partial charge in [-0.05, 0) is 33.1 Å². The molecule has 0 aromatic carbocycles. The molecule has 3 heterocycles. The second-order valence-corrected chi connectivity index (χ2v) is 8.51. The summed E-state index contributed by atoms with van der Waals surface area (Å²) in [5, 5.41) is 9.82. The maximum Gasteiger partial charge on any atom is 0.312 e. The summed E-state index contributed by atoms with van der Waals surface area (Å²) in [5.74, 6) is -2.41. The lowest BCUT2D eigenvalue weighted by Crippen LogP contribution is -2.58. The fourth-order valence-electron chi connectivity index (χ4n) is 5.41. The Morgan fingerprint density at radius 1 is 1.47 bits per heavy atom. The van der Waals surface area contributed by atoms with Crippen molar-refractivity contribution >= 4 is 17.8 Å². The van der Waals surface area contributed by atoms with E-state index in [1.165, 1.54) is 4.90 Å². The Hall–Kier alpha value is -1.93. The number of amides is 2. The van der Waals surface area contributed by atoms with Gasteiger partial charge in [0.25, 0.3) is 0 Å². The molecule has 2 amide bonds. The quantitative estimate of drug-likeness (QED) is 0.419. The molecule has 168 valence electrons. The molecule has 6 atom stereocenters. The number of rotatable bonds is 10. The van der Waals surface area contributed by atoms with E-state index in [-0.39, 0.29) is 25.0 Å². The van der Waals surface area contributed by atoms with Gasteiger partial charge in [0.2, 0.25) is 11.8 Å². The number of carbonyl (C=O) groups excluding carboxylic acids is 3. The Labute approximate surface area is 178 Å². The van der Waals surface area contributed by atoms with E-state index in [0.29, 0.717) is 25.9 Å². The topological polar surface area (TPSA) is 96.4 Å². The van der Waals surface area contributed by atoms with Crippen molar-refractivity contribution in [3.05, 3.63) is 12.7 Å². The van der Waals surface area contributed by atoms with Gasteiger partial charge in [0.15, 0.2) is 0 Å². The van der Waals surface area contributed by atoms with Crippen LogP contribution in [0, 0.1) is 11.8 Å². The van der Waals surface area contributed by atoms with Gasteiger partial charge in [0.05, 0.1) is 37.2 Å². The molecule has 8 nitrogen and oxygen atoms in total. The minimum Gasteiger partial charge on any atom is -0.466 e. The van der Waals surface area contributed by atoms with Crippen LogP contribution in [0.25, 0.3) is 0 Å². The molecule has 3 aliphatic heterocycles. The molecule has 2 bridgehead atoms. The highest BCUT2D eigenvalue weighted by atomic mass is 16.6. The second kappa shape index (κ2) is 9.06. The number of ether oxygens (including phenoxy) is 2. The molecule has 0 aromatic heterocycles. The Balaban J connectivity index is 2.02. The minimum absolute atomic E-state index is 0.204. The highest BCUT2D eigenvalue weighted by molar-refractivity contribution is 5.98. The Morgan fingerprint density at radius 3 is 2.80 bits per heavy atom. The van der Waals surface area contributed by atoms with Crippen molar-refractivity contribution in [2.45, 2.75) is 70.2 Å². The fraction of sp³-hybridized carbons (Fsp3) is 0.773. The van der Waals surface area contributed by atoms with Crippen LogP contribution in [0.1, 0.15) is 46.5 Å². The molecule has 0 aromatic rings. The summed E-state index contributed by atoms with van der Waals surface area (Å²) in [6.07, 6.45) is 4.16. The van der Waals surface area contributed by atoms with Gasteiger partial charge >= 0.3 is 5.97 Å². The molecular weight excluding hydrogens is 388 g/mol. The van der Waals surface area contributed by atoms with Crippen molar-refractivity contribution < 1.29 is 29.0 Å². The summed E-state index contributed by atoms with van der Waals surface area (Å²) in [6.45, 7) is 10.1.